The lowest BCUT2D eigenvalue weighted by Gasteiger charge is -2.09. The summed E-state index contributed by atoms with van der Waals surface area (Å²) in [7, 11) is 0. The van der Waals surface area contributed by atoms with Crippen LogP contribution in [0.1, 0.15) is 11.1 Å². The van der Waals surface area contributed by atoms with Gasteiger partial charge in [0.25, 0.3) is 0 Å². The largest absolute Gasteiger partial charge is 0.330 e. The molecule has 0 fully saturated rings. The zero-order valence-electron chi connectivity index (χ0n) is 10.6. The van der Waals surface area contributed by atoms with Crippen LogP contribution in [0, 0.1) is 23.0 Å². The van der Waals surface area contributed by atoms with Crippen molar-refractivity contribution >= 4 is 34.9 Å². The molecular weight excluding hydrogens is 290 g/mol. The Hall–Kier alpha value is -2.09. The van der Waals surface area contributed by atoms with E-state index in [1.807, 2.05) is 47.9 Å². The molecule has 0 saturated carbocycles. The lowest BCUT2D eigenvalue weighted by atomic mass is 10.1. The van der Waals surface area contributed by atoms with Gasteiger partial charge in [0.2, 0.25) is 0 Å². The van der Waals surface area contributed by atoms with Crippen molar-refractivity contribution in [3.05, 3.63) is 57.3 Å². The smallest absolute Gasteiger partial charge is 0.182 e. The fourth-order valence-electron chi connectivity index (χ4n) is 2.33. The summed E-state index contributed by atoms with van der Waals surface area (Å²) in [6, 6.07) is 13.5. The fraction of sp³-hybridized carbons (Fsp3) is 0.0667. The van der Waals surface area contributed by atoms with Crippen molar-refractivity contribution in [2.75, 3.05) is 0 Å². The van der Waals surface area contributed by atoms with Crippen molar-refractivity contribution in [3.8, 4) is 11.8 Å². The molecule has 0 spiro atoms. The van der Waals surface area contributed by atoms with Gasteiger partial charge in [-0.2, -0.15) is 5.26 Å². The van der Waals surface area contributed by atoms with E-state index in [0.717, 1.165) is 22.3 Å². The summed E-state index contributed by atoms with van der Waals surface area (Å²) in [5.74, 6) is 0. The van der Waals surface area contributed by atoms with Crippen LogP contribution in [0.15, 0.2) is 36.4 Å². The molecule has 1 heterocycles. The van der Waals surface area contributed by atoms with Gasteiger partial charge in [0.1, 0.15) is 6.07 Å². The zero-order chi connectivity index (χ0) is 14.3. The quantitative estimate of drug-likeness (QED) is 0.671. The van der Waals surface area contributed by atoms with Crippen LogP contribution in [0.3, 0.4) is 0 Å². The van der Waals surface area contributed by atoms with E-state index in [4.69, 9.17) is 23.8 Å². The second-order valence-corrected chi connectivity index (χ2v) is 5.28. The summed E-state index contributed by atoms with van der Waals surface area (Å²) in [5, 5.41) is 9.99. The predicted molar refractivity (Wildman–Crippen MR) is 82.9 cm³/mol. The van der Waals surface area contributed by atoms with Crippen LogP contribution in [0.4, 0.5) is 0 Å². The lowest BCUT2D eigenvalue weighted by Crippen LogP contribution is -1.99. The Kier molecular flexibility index (Phi) is 3.09. The van der Waals surface area contributed by atoms with E-state index in [1.54, 1.807) is 0 Å². The fourth-order valence-corrected chi connectivity index (χ4v) is 2.89. The highest BCUT2D eigenvalue weighted by Crippen LogP contribution is 2.28. The van der Waals surface area contributed by atoms with Gasteiger partial charge in [-0.1, -0.05) is 29.8 Å². The Morgan fingerprint density at radius 3 is 2.75 bits per heavy atom. The highest BCUT2D eigenvalue weighted by atomic mass is 35.5. The Bertz CT molecular complexity index is 915. The number of nitrogens with zero attached hydrogens (tertiary/aromatic N) is 2. The van der Waals surface area contributed by atoms with E-state index in [-0.39, 0.29) is 0 Å². The van der Waals surface area contributed by atoms with Crippen molar-refractivity contribution in [2.45, 2.75) is 6.92 Å². The van der Waals surface area contributed by atoms with E-state index < -0.39 is 0 Å². The summed E-state index contributed by atoms with van der Waals surface area (Å²) >= 11 is 11.7. The van der Waals surface area contributed by atoms with Crippen LogP contribution in [-0.2, 0) is 0 Å². The highest BCUT2D eigenvalue weighted by molar-refractivity contribution is 7.71. The van der Waals surface area contributed by atoms with Crippen molar-refractivity contribution in [2.24, 2.45) is 0 Å². The van der Waals surface area contributed by atoms with Crippen molar-refractivity contribution in [1.29, 1.82) is 5.26 Å². The summed E-state index contributed by atoms with van der Waals surface area (Å²) < 4.78 is 2.34. The van der Waals surface area contributed by atoms with Crippen molar-refractivity contribution in [3.63, 3.8) is 0 Å². The van der Waals surface area contributed by atoms with Crippen LogP contribution < -0.4 is 0 Å². The molecule has 2 aromatic carbocycles. The van der Waals surface area contributed by atoms with Gasteiger partial charge < -0.3 is 4.98 Å². The van der Waals surface area contributed by atoms with E-state index >= 15 is 0 Å². The maximum absolute atomic E-state index is 9.39. The Morgan fingerprint density at radius 2 is 2.00 bits per heavy atom. The first kappa shape index (κ1) is 12.9. The molecule has 5 heteroatoms. The number of H-pyrrole nitrogens is 1. The maximum atomic E-state index is 9.39. The standard InChI is InChI=1S/C15H10ClN3S/c1-9-4-2-7-13(10(9)8-17)19-14-11(16)5-3-6-12(14)18-15(19)20/h2-7H,1H3,(H,18,20). The third-order valence-electron chi connectivity index (χ3n) is 3.26. The first-order chi connectivity index (χ1) is 9.63. The average Bonchev–Trinajstić information content (AvgIpc) is 2.76. The van der Waals surface area contributed by atoms with E-state index in [0.29, 0.717) is 15.4 Å². The third-order valence-corrected chi connectivity index (χ3v) is 3.85. The number of nitrogens with one attached hydrogen (secondary N) is 1. The molecule has 98 valence electrons. The summed E-state index contributed by atoms with van der Waals surface area (Å²) in [6.45, 7) is 1.90. The number of fused-ring (bicyclic) bond motifs is 1. The average molecular weight is 300 g/mol. The summed E-state index contributed by atoms with van der Waals surface area (Å²) in [5.41, 5.74) is 3.91. The molecule has 0 unspecified atom stereocenters. The maximum Gasteiger partial charge on any atom is 0.182 e. The SMILES string of the molecule is Cc1cccc(-n2c(=S)[nH]c3cccc(Cl)c32)c1C#N. The van der Waals surface area contributed by atoms with Crippen molar-refractivity contribution < 1.29 is 0 Å². The zero-order valence-corrected chi connectivity index (χ0v) is 12.2. The topological polar surface area (TPSA) is 44.5 Å². The number of aromatic nitrogens is 2. The highest BCUT2D eigenvalue weighted by Gasteiger charge is 2.13. The van der Waals surface area contributed by atoms with Crippen LogP contribution in [-0.4, -0.2) is 9.55 Å². The number of rotatable bonds is 1. The van der Waals surface area contributed by atoms with E-state index in [1.165, 1.54) is 0 Å². The number of hydrogen-bond donors (Lipinski definition) is 1. The van der Waals surface area contributed by atoms with E-state index in [2.05, 4.69) is 11.1 Å². The minimum Gasteiger partial charge on any atom is -0.330 e. The second-order valence-electron chi connectivity index (χ2n) is 4.48. The number of para-hydroxylation sites is 1. The van der Waals surface area contributed by atoms with Crippen LogP contribution in [0.5, 0.6) is 0 Å². The van der Waals surface area contributed by atoms with Gasteiger partial charge in [0.15, 0.2) is 4.77 Å². The Labute approximate surface area is 126 Å². The molecule has 0 bridgehead atoms. The number of benzene rings is 2. The number of halogens is 1. The first-order valence-corrected chi connectivity index (χ1v) is 6.81. The molecule has 3 nitrogen and oxygen atoms in total. The molecule has 0 amide bonds. The molecule has 0 radical (unpaired) electrons. The molecule has 3 aromatic rings. The van der Waals surface area contributed by atoms with Gasteiger partial charge in [-0.3, -0.25) is 4.57 Å². The first-order valence-electron chi connectivity index (χ1n) is 6.03. The third kappa shape index (κ3) is 1.83. The molecule has 0 aliphatic rings. The van der Waals surface area contributed by atoms with Gasteiger partial charge in [-0.15, -0.1) is 0 Å². The molecule has 1 aromatic heterocycles. The van der Waals surface area contributed by atoms with Crippen LogP contribution in [0.25, 0.3) is 16.7 Å². The van der Waals surface area contributed by atoms with Crippen LogP contribution in [0.2, 0.25) is 5.02 Å². The lowest BCUT2D eigenvalue weighted by molar-refractivity contribution is 1.05. The number of imidazole rings is 1. The number of aromatic amines is 1. The summed E-state index contributed by atoms with van der Waals surface area (Å²) in [4.78, 5) is 3.12. The predicted octanol–water partition coefficient (Wildman–Crippen LogP) is 4.52. The van der Waals surface area contributed by atoms with Crippen molar-refractivity contribution in [1.82, 2.24) is 9.55 Å². The minimum absolute atomic E-state index is 0.523. The molecule has 0 atom stereocenters. The van der Waals surface area contributed by atoms with Gasteiger partial charge in [-0.05, 0) is 42.9 Å². The molecule has 3 rings (SSSR count). The minimum atomic E-state index is 0.523. The Morgan fingerprint density at radius 1 is 1.25 bits per heavy atom. The number of hydrogen-bond acceptors (Lipinski definition) is 2. The van der Waals surface area contributed by atoms with Crippen LogP contribution >= 0.6 is 23.8 Å². The molecule has 20 heavy (non-hydrogen) atoms. The summed E-state index contributed by atoms with van der Waals surface area (Å²) in [6.07, 6.45) is 0. The van der Waals surface area contributed by atoms with Gasteiger partial charge in [0, 0.05) is 0 Å². The molecular formula is C15H10ClN3S. The molecule has 0 aliphatic heterocycles. The molecule has 0 aliphatic carbocycles. The van der Waals surface area contributed by atoms with Gasteiger partial charge in [0.05, 0.1) is 27.3 Å². The molecule has 0 saturated heterocycles. The Balaban J connectivity index is 2.49. The van der Waals surface area contributed by atoms with E-state index in [9.17, 15) is 5.26 Å². The molecule has 1 N–H and O–H groups in total. The monoisotopic (exact) mass is 299 g/mol. The van der Waals surface area contributed by atoms with Gasteiger partial charge in [-0.25, -0.2) is 0 Å². The normalized spacial score (nSPS) is 10.7. The second kappa shape index (κ2) is 4.78. The number of aryl methyl sites for hydroxylation is 1. The van der Waals surface area contributed by atoms with Gasteiger partial charge >= 0.3 is 0 Å². The number of nitriles is 1.